The van der Waals surface area contributed by atoms with Gasteiger partial charge in [0.1, 0.15) is 0 Å². The van der Waals surface area contributed by atoms with Crippen molar-refractivity contribution in [3.05, 3.63) is 34.3 Å². The second-order valence-corrected chi connectivity index (χ2v) is 5.16. The third-order valence-corrected chi connectivity index (χ3v) is 3.13. The van der Waals surface area contributed by atoms with Crippen molar-refractivity contribution < 1.29 is 4.74 Å². The lowest BCUT2D eigenvalue weighted by Gasteiger charge is -2.13. The Hall–Kier alpha value is -0.380. The standard InChI is InChI=1S/C14H22BrNO/c1-3-16-9-5-6-12(2)17-11-13-7-4-8-14(15)10-13/h4,7-8,10,12,16H,3,5-6,9,11H2,1-2H3. The van der Waals surface area contributed by atoms with Crippen molar-refractivity contribution in [1.29, 1.82) is 0 Å². The molecule has 0 fully saturated rings. The Bertz CT molecular complexity index is 317. The maximum atomic E-state index is 5.81. The monoisotopic (exact) mass is 299 g/mol. The van der Waals surface area contributed by atoms with E-state index >= 15 is 0 Å². The van der Waals surface area contributed by atoms with Crippen LogP contribution in [0.5, 0.6) is 0 Å². The lowest BCUT2D eigenvalue weighted by molar-refractivity contribution is 0.0464. The number of hydrogen-bond acceptors (Lipinski definition) is 2. The number of halogens is 1. The van der Waals surface area contributed by atoms with Gasteiger partial charge >= 0.3 is 0 Å². The Kier molecular flexibility index (Phi) is 7.49. The summed E-state index contributed by atoms with van der Waals surface area (Å²) in [5.41, 5.74) is 1.22. The first-order chi connectivity index (χ1) is 8.22. The predicted molar refractivity (Wildman–Crippen MR) is 76.2 cm³/mol. The van der Waals surface area contributed by atoms with Gasteiger partial charge in [0.05, 0.1) is 12.7 Å². The van der Waals surface area contributed by atoms with Crippen LogP contribution >= 0.6 is 15.9 Å². The van der Waals surface area contributed by atoms with Gasteiger partial charge in [-0.15, -0.1) is 0 Å². The molecular weight excluding hydrogens is 278 g/mol. The lowest BCUT2D eigenvalue weighted by atomic mass is 10.2. The van der Waals surface area contributed by atoms with Gasteiger partial charge in [-0.3, -0.25) is 0 Å². The predicted octanol–water partition coefficient (Wildman–Crippen LogP) is 3.74. The van der Waals surface area contributed by atoms with Gasteiger partial charge < -0.3 is 10.1 Å². The molecule has 0 aliphatic carbocycles. The molecular formula is C14H22BrNO. The maximum absolute atomic E-state index is 5.81. The smallest absolute Gasteiger partial charge is 0.0720 e. The molecule has 0 aliphatic rings. The summed E-state index contributed by atoms with van der Waals surface area (Å²) in [6, 6.07) is 8.27. The Morgan fingerprint density at radius 1 is 1.41 bits per heavy atom. The molecule has 0 spiro atoms. The highest BCUT2D eigenvalue weighted by atomic mass is 79.9. The Morgan fingerprint density at radius 2 is 2.24 bits per heavy atom. The van der Waals surface area contributed by atoms with Crippen LogP contribution in [0.25, 0.3) is 0 Å². The summed E-state index contributed by atoms with van der Waals surface area (Å²) in [5, 5.41) is 3.32. The van der Waals surface area contributed by atoms with E-state index in [0.717, 1.165) is 24.0 Å². The van der Waals surface area contributed by atoms with E-state index in [-0.39, 0.29) is 0 Å². The molecule has 0 aliphatic heterocycles. The van der Waals surface area contributed by atoms with Crippen LogP contribution in [-0.4, -0.2) is 19.2 Å². The molecule has 2 nitrogen and oxygen atoms in total. The molecule has 17 heavy (non-hydrogen) atoms. The minimum atomic E-state index is 0.327. The number of benzene rings is 1. The van der Waals surface area contributed by atoms with Crippen LogP contribution < -0.4 is 5.32 Å². The topological polar surface area (TPSA) is 21.3 Å². The number of nitrogens with one attached hydrogen (secondary N) is 1. The van der Waals surface area contributed by atoms with Crippen molar-refractivity contribution >= 4 is 15.9 Å². The SMILES string of the molecule is CCNCCCC(C)OCc1cccc(Br)c1. The molecule has 0 radical (unpaired) electrons. The van der Waals surface area contributed by atoms with E-state index < -0.39 is 0 Å². The Morgan fingerprint density at radius 3 is 2.94 bits per heavy atom. The highest BCUT2D eigenvalue weighted by Gasteiger charge is 2.02. The summed E-state index contributed by atoms with van der Waals surface area (Å²) in [6.45, 7) is 7.10. The summed E-state index contributed by atoms with van der Waals surface area (Å²) in [5.74, 6) is 0. The largest absolute Gasteiger partial charge is 0.374 e. The van der Waals surface area contributed by atoms with Crippen molar-refractivity contribution in [2.45, 2.75) is 39.4 Å². The number of ether oxygens (including phenoxy) is 1. The number of rotatable bonds is 8. The molecule has 0 heterocycles. The quantitative estimate of drug-likeness (QED) is 0.738. The highest BCUT2D eigenvalue weighted by molar-refractivity contribution is 9.10. The molecule has 0 aromatic heterocycles. The molecule has 3 heteroatoms. The normalized spacial score (nSPS) is 12.6. The van der Waals surface area contributed by atoms with Crippen LogP contribution in [0.2, 0.25) is 0 Å². The maximum Gasteiger partial charge on any atom is 0.0720 e. The average molecular weight is 300 g/mol. The Labute approximate surface area is 113 Å². The summed E-state index contributed by atoms with van der Waals surface area (Å²) < 4.78 is 6.92. The van der Waals surface area contributed by atoms with Crippen molar-refractivity contribution in [3.8, 4) is 0 Å². The van der Waals surface area contributed by atoms with E-state index in [1.165, 1.54) is 12.0 Å². The van der Waals surface area contributed by atoms with Crippen LogP contribution in [-0.2, 0) is 11.3 Å². The van der Waals surface area contributed by atoms with E-state index in [1.807, 2.05) is 12.1 Å². The van der Waals surface area contributed by atoms with Crippen molar-refractivity contribution in [2.24, 2.45) is 0 Å². The zero-order valence-corrected chi connectivity index (χ0v) is 12.3. The molecule has 0 saturated heterocycles. The minimum Gasteiger partial charge on any atom is -0.374 e. The molecule has 1 aromatic carbocycles. The van der Waals surface area contributed by atoms with E-state index in [2.05, 4.69) is 47.2 Å². The van der Waals surface area contributed by atoms with Crippen molar-refractivity contribution in [1.82, 2.24) is 5.32 Å². The van der Waals surface area contributed by atoms with Crippen LogP contribution in [0.15, 0.2) is 28.7 Å². The van der Waals surface area contributed by atoms with Crippen LogP contribution in [0, 0.1) is 0 Å². The van der Waals surface area contributed by atoms with Crippen LogP contribution in [0.3, 0.4) is 0 Å². The van der Waals surface area contributed by atoms with Crippen LogP contribution in [0.1, 0.15) is 32.3 Å². The molecule has 0 amide bonds. The molecule has 0 saturated carbocycles. The molecule has 1 unspecified atom stereocenters. The summed E-state index contributed by atoms with van der Waals surface area (Å²) in [6.07, 6.45) is 2.61. The molecule has 0 bridgehead atoms. The molecule has 1 N–H and O–H groups in total. The van der Waals surface area contributed by atoms with Gasteiger partial charge in [0.2, 0.25) is 0 Å². The van der Waals surface area contributed by atoms with Crippen molar-refractivity contribution in [2.75, 3.05) is 13.1 Å². The van der Waals surface area contributed by atoms with E-state index in [9.17, 15) is 0 Å². The summed E-state index contributed by atoms with van der Waals surface area (Å²) in [4.78, 5) is 0. The zero-order valence-electron chi connectivity index (χ0n) is 10.7. The van der Waals surface area contributed by atoms with E-state index in [1.54, 1.807) is 0 Å². The first kappa shape index (κ1) is 14.7. The summed E-state index contributed by atoms with van der Waals surface area (Å²) in [7, 11) is 0. The van der Waals surface area contributed by atoms with Crippen LogP contribution in [0.4, 0.5) is 0 Å². The fraction of sp³-hybridized carbons (Fsp3) is 0.571. The molecule has 96 valence electrons. The first-order valence-electron chi connectivity index (χ1n) is 6.29. The molecule has 1 rings (SSSR count). The molecule has 1 atom stereocenters. The van der Waals surface area contributed by atoms with Crippen molar-refractivity contribution in [3.63, 3.8) is 0 Å². The van der Waals surface area contributed by atoms with Gasteiger partial charge in [0.25, 0.3) is 0 Å². The van der Waals surface area contributed by atoms with Gasteiger partial charge in [-0.05, 0) is 50.6 Å². The number of hydrogen-bond donors (Lipinski definition) is 1. The zero-order chi connectivity index (χ0) is 12.5. The average Bonchev–Trinajstić information content (AvgIpc) is 2.32. The van der Waals surface area contributed by atoms with Gasteiger partial charge in [-0.1, -0.05) is 35.0 Å². The highest BCUT2D eigenvalue weighted by Crippen LogP contribution is 2.13. The summed E-state index contributed by atoms with van der Waals surface area (Å²) >= 11 is 3.46. The van der Waals surface area contributed by atoms with Gasteiger partial charge in [-0.25, -0.2) is 0 Å². The lowest BCUT2D eigenvalue weighted by Crippen LogP contribution is -2.16. The van der Waals surface area contributed by atoms with E-state index in [0.29, 0.717) is 12.7 Å². The third-order valence-electron chi connectivity index (χ3n) is 2.64. The minimum absolute atomic E-state index is 0.327. The van der Waals surface area contributed by atoms with Gasteiger partial charge in [-0.2, -0.15) is 0 Å². The first-order valence-corrected chi connectivity index (χ1v) is 7.08. The third kappa shape index (κ3) is 6.81. The fourth-order valence-corrected chi connectivity index (χ4v) is 2.09. The molecule has 1 aromatic rings. The fourth-order valence-electron chi connectivity index (χ4n) is 1.64. The van der Waals surface area contributed by atoms with Gasteiger partial charge in [0.15, 0.2) is 0 Å². The second-order valence-electron chi connectivity index (χ2n) is 4.25. The second kappa shape index (κ2) is 8.67. The van der Waals surface area contributed by atoms with Gasteiger partial charge in [0, 0.05) is 4.47 Å². The Balaban J connectivity index is 2.17. The van der Waals surface area contributed by atoms with E-state index in [4.69, 9.17) is 4.74 Å².